The van der Waals surface area contributed by atoms with Gasteiger partial charge in [0.2, 0.25) is 5.91 Å². The van der Waals surface area contributed by atoms with Crippen LogP contribution in [0.1, 0.15) is 12.0 Å². The average molecular weight is 418 g/mol. The number of rotatable bonds is 6. The number of carbonyl (C=O) groups excluding carboxylic acids is 1. The average Bonchev–Trinajstić information content (AvgIpc) is 2.80. The third-order valence-corrected chi connectivity index (χ3v) is 5.64. The van der Waals surface area contributed by atoms with Crippen LogP contribution in [0.15, 0.2) is 70.3 Å². The largest absolute Gasteiger partial charge is 0.340 e. The lowest BCUT2D eigenvalue weighted by atomic mass is 10.2. The first-order valence-electron chi connectivity index (χ1n) is 10.6. The van der Waals surface area contributed by atoms with E-state index in [1.165, 1.54) is 5.56 Å². The number of H-pyrrole nitrogens is 1. The van der Waals surface area contributed by atoms with E-state index in [1.54, 1.807) is 24.3 Å². The third kappa shape index (κ3) is 5.00. The summed E-state index contributed by atoms with van der Waals surface area (Å²) >= 11 is 0. The van der Waals surface area contributed by atoms with Gasteiger partial charge in [-0.15, -0.1) is 0 Å². The minimum atomic E-state index is -0.480. The van der Waals surface area contributed by atoms with Crippen LogP contribution in [0, 0.1) is 0 Å². The van der Waals surface area contributed by atoms with Gasteiger partial charge < -0.3 is 9.88 Å². The predicted octanol–water partition coefficient (Wildman–Crippen LogP) is 1.94. The van der Waals surface area contributed by atoms with Gasteiger partial charge >= 0.3 is 5.69 Å². The van der Waals surface area contributed by atoms with Crippen molar-refractivity contribution in [1.82, 2.24) is 19.4 Å². The zero-order chi connectivity index (χ0) is 21.6. The van der Waals surface area contributed by atoms with Crippen molar-refractivity contribution in [3.63, 3.8) is 0 Å². The molecule has 1 saturated heterocycles. The first-order valence-corrected chi connectivity index (χ1v) is 10.6. The standard InChI is InChI=1S/C24H26N4O3/c29-22(12-14-28-23(30)20-10-4-5-11-21(20)25-24(28)31)27-17-15-26(16-18-27)13-6-9-19-7-2-1-3-8-19/h1-11H,12-18H2,(H,25,31)/b9-6+. The number of para-hydroxylation sites is 1. The number of aromatic nitrogens is 2. The van der Waals surface area contributed by atoms with Gasteiger partial charge in [0.1, 0.15) is 0 Å². The third-order valence-electron chi connectivity index (χ3n) is 5.64. The Morgan fingerprint density at radius 3 is 2.42 bits per heavy atom. The second kappa shape index (κ2) is 9.57. The highest BCUT2D eigenvalue weighted by Crippen LogP contribution is 2.07. The summed E-state index contributed by atoms with van der Waals surface area (Å²) in [6.45, 7) is 3.85. The highest BCUT2D eigenvalue weighted by atomic mass is 16.2. The number of hydrogen-bond acceptors (Lipinski definition) is 4. The molecule has 160 valence electrons. The molecule has 0 spiro atoms. The van der Waals surface area contributed by atoms with Gasteiger partial charge in [0.05, 0.1) is 10.9 Å². The Kier molecular flexibility index (Phi) is 6.43. The Hall–Kier alpha value is -3.45. The van der Waals surface area contributed by atoms with E-state index < -0.39 is 5.69 Å². The lowest BCUT2D eigenvalue weighted by Gasteiger charge is -2.34. The number of benzene rings is 2. The van der Waals surface area contributed by atoms with Crippen LogP contribution in [0.25, 0.3) is 17.0 Å². The van der Waals surface area contributed by atoms with Crippen LogP contribution in [-0.4, -0.2) is 58.0 Å². The van der Waals surface area contributed by atoms with Crippen LogP contribution >= 0.6 is 0 Å². The van der Waals surface area contributed by atoms with Crippen LogP contribution in [0.4, 0.5) is 0 Å². The molecule has 1 aliphatic rings. The molecule has 31 heavy (non-hydrogen) atoms. The van der Waals surface area contributed by atoms with Crippen LogP contribution < -0.4 is 11.2 Å². The van der Waals surface area contributed by atoms with Gasteiger partial charge in [-0.25, -0.2) is 4.79 Å². The smallest absolute Gasteiger partial charge is 0.328 e. The number of hydrogen-bond donors (Lipinski definition) is 1. The zero-order valence-electron chi connectivity index (χ0n) is 17.4. The second-order valence-electron chi connectivity index (χ2n) is 7.68. The van der Waals surface area contributed by atoms with Crippen molar-refractivity contribution in [2.75, 3.05) is 32.7 Å². The Bertz CT molecular complexity index is 1190. The Morgan fingerprint density at radius 2 is 1.65 bits per heavy atom. The number of nitrogens with zero attached hydrogens (tertiary/aromatic N) is 3. The molecule has 1 aromatic heterocycles. The summed E-state index contributed by atoms with van der Waals surface area (Å²) in [6, 6.07) is 17.1. The molecule has 1 fully saturated rings. The quantitative estimate of drug-likeness (QED) is 0.664. The van der Waals surface area contributed by atoms with Crippen molar-refractivity contribution in [2.24, 2.45) is 0 Å². The molecule has 1 aliphatic heterocycles. The van der Waals surface area contributed by atoms with Gasteiger partial charge in [0, 0.05) is 45.7 Å². The molecular formula is C24H26N4O3. The number of fused-ring (bicyclic) bond motifs is 1. The first-order chi connectivity index (χ1) is 15.1. The van der Waals surface area contributed by atoms with Crippen LogP contribution in [0.3, 0.4) is 0 Å². The topological polar surface area (TPSA) is 78.4 Å². The molecule has 0 unspecified atom stereocenters. The summed E-state index contributed by atoms with van der Waals surface area (Å²) < 4.78 is 1.12. The predicted molar refractivity (Wildman–Crippen MR) is 122 cm³/mol. The van der Waals surface area contributed by atoms with Crippen molar-refractivity contribution in [2.45, 2.75) is 13.0 Å². The lowest BCUT2D eigenvalue weighted by Crippen LogP contribution is -2.49. The summed E-state index contributed by atoms with van der Waals surface area (Å²) in [5, 5.41) is 0.451. The lowest BCUT2D eigenvalue weighted by molar-refractivity contribution is -0.133. The van der Waals surface area contributed by atoms with Gasteiger partial charge in [0.25, 0.3) is 5.56 Å². The van der Waals surface area contributed by atoms with Crippen molar-refractivity contribution >= 4 is 22.9 Å². The van der Waals surface area contributed by atoms with Crippen molar-refractivity contribution in [1.29, 1.82) is 0 Å². The molecule has 0 atom stereocenters. The van der Waals surface area contributed by atoms with Gasteiger partial charge in [0.15, 0.2) is 0 Å². The molecule has 2 aromatic carbocycles. The van der Waals surface area contributed by atoms with E-state index in [0.29, 0.717) is 24.0 Å². The van der Waals surface area contributed by atoms with Gasteiger partial charge in [-0.05, 0) is 17.7 Å². The number of nitrogens with one attached hydrogen (secondary N) is 1. The number of piperazine rings is 1. The first kappa shape index (κ1) is 20.8. The number of amides is 1. The summed E-state index contributed by atoms with van der Waals surface area (Å²) in [6.07, 6.45) is 4.39. The molecule has 4 rings (SSSR count). The summed E-state index contributed by atoms with van der Waals surface area (Å²) in [4.78, 5) is 44.3. The molecule has 1 amide bonds. The summed E-state index contributed by atoms with van der Waals surface area (Å²) in [5.41, 5.74) is 0.849. The Balaban J connectivity index is 1.29. The highest BCUT2D eigenvalue weighted by Gasteiger charge is 2.20. The Labute approximate surface area is 180 Å². The fourth-order valence-corrected chi connectivity index (χ4v) is 3.85. The van der Waals surface area contributed by atoms with Crippen molar-refractivity contribution in [3.05, 3.63) is 87.1 Å². The minimum absolute atomic E-state index is 0.0288. The van der Waals surface area contributed by atoms with E-state index in [2.05, 4.69) is 34.2 Å². The molecule has 2 heterocycles. The van der Waals surface area contributed by atoms with E-state index in [0.717, 1.165) is 24.2 Å². The van der Waals surface area contributed by atoms with Gasteiger partial charge in [-0.1, -0.05) is 54.6 Å². The monoisotopic (exact) mass is 418 g/mol. The fourth-order valence-electron chi connectivity index (χ4n) is 3.85. The zero-order valence-corrected chi connectivity index (χ0v) is 17.4. The minimum Gasteiger partial charge on any atom is -0.340 e. The highest BCUT2D eigenvalue weighted by molar-refractivity contribution is 5.77. The van der Waals surface area contributed by atoms with Crippen LogP contribution in [-0.2, 0) is 11.3 Å². The van der Waals surface area contributed by atoms with Crippen LogP contribution in [0.5, 0.6) is 0 Å². The van der Waals surface area contributed by atoms with E-state index in [1.807, 2.05) is 23.1 Å². The summed E-state index contributed by atoms with van der Waals surface area (Å²) in [5.74, 6) is -0.0288. The molecule has 3 aromatic rings. The maximum atomic E-state index is 12.6. The molecular weight excluding hydrogens is 392 g/mol. The van der Waals surface area contributed by atoms with Crippen molar-refractivity contribution in [3.8, 4) is 0 Å². The maximum absolute atomic E-state index is 12.6. The molecule has 0 saturated carbocycles. The molecule has 0 radical (unpaired) electrons. The normalized spacial score (nSPS) is 15.0. The fraction of sp³-hybridized carbons (Fsp3) is 0.292. The van der Waals surface area contributed by atoms with Crippen molar-refractivity contribution < 1.29 is 4.79 Å². The van der Waals surface area contributed by atoms with E-state index in [4.69, 9.17) is 0 Å². The summed E-state index contributed by atoms with van der Waals surface area (Å²) in [7, 11) is 0. The number of aromatic amines is 1. The van der Waals surface area contributed by atoms with Gasteiger partial charge in [-0.3, -0.25) is 19.1 Å². The van der Waals surface area contributed by atoms with Gasteiger partial charge in [-0.2, -0.15) is 0 Å². The van der Waals surface area contributed by atoms with E-state index >= 15 is 0 Å². The molecule has 0 bridgehead atoms. The molecule has 7 nitrogen and oxygen atoms in total. The van der Waals surface area contributed by atoms with E-state index in [9.17, 15) is 14.4 Å². The maximum Gasteiger partial charge on any atom is 0.328 e. The Morgan fingerprint density at radius 1 is 0.935 bits per heavy atom. The second-order valence-corrected chi connectivity index (χ2v) is 7.68. The number of carbonyl (C=O) groups is 1. The molecule has 0 aliphatic carbocycles. The van der Waals surface area contributed by atoms with Crippen LogP contribution in [0.2, 0.25) is 0 Å². The molecule has 1 N–H and O–H groups in total. The molecule has 7 heteroatoms. The van der Waals surface area contributed by atoms with E-state index in [-0.39, 0.29) is 24.4 Å². The SMILES string of the molecule is O=C(CCn1c(=O)[nH]c2ccccc2c1=O)N1CCN(C/C=C/c2ccccc2)CC1.